The lowest BCUT2D eigenvalue weighted by Gasteiger charge is -2.34. The number of likely N-dealkylation sites (tertiary alicyclic amines) is 1. The molecule has 8 nitrogen and oxygen atoms in total. The summed E-state index contributed by atoms with van der Waals surface area (Å²) in [7, 11) is 0. The van der Waals surface area contributed by atoms with Gasteiger partial charge in [0.15, 0.2) is 5.82 Å². The molecule has 1 aliphatic heterocycles. The van der Waals surface area contributed by atoms with Crippen LogP contribution >= 0.6 is 11.3 Å². The number of benzene rings is 1. The molecule has 3 atom stereocenters. The maximum atomic E-state index is 13.8. The zero-order valence-electron chi connectivity index (χ0n) is 29.3. The molecular weight excluding hydrogens is 633 g/mol. The van der Waals surface area contributed by atoms with Gasteiger partial charge < -0.3 is 15.3 Å². The van der Waals surface area contributed by atoms with E-state index >= 15 is 0 Å². The van der Waals surface area contributed by atoms with Crippen LogP contribution in [-0.2, 0) is 21.4 Å². The number of carboxylic acids is 1. The van der Waals surface area contributed by atoms with Crippen molar-refractivity contribution >= 4 is 34.7 Å². The van der Waals surface area contributed by atoms with Gasteiger partial charge in [0.2, 0.25) is 5.91 Å². The van der Waals surface area contributed by atoms with Crippen LogP contribution in [0.15, 0.2) is 54.9 Å². The molecule has 0 spiro atoms. The van der Waals surface area contributed by atoms with Crippen LogP contribution in [0.2, 0.25) is 0 Å². The van der Waals surface area contributed by atoms with Gasteiger partial charge in [-0.15, -0.1) is 11.3 Å². The standard InChI is InChI=1S/C40H50N4O4S/c1-25-7-11-27(12-8-25)28-15-17-29(18-16-28)31-23-41-36(42-24-31)30-13-9-26(10-14-30)22-32(38(46)44-21-5-6-33(44)39(47)48)43-37(45)34-19-20-35(49-34)40(2,3)4/h9-10,13-14,17,19-20,23-25,27-28,32-33H,5-8,11-12,15-16,18,21-22H2,1-4H3,(H,43,45)(H,47,48)/t25?,27?,28?,32-,33-/m0/s1. The summed E-state index contributed by atoms with van der Waals surface area (Å²) in [5.41, 5.74) is 4.06. The Kier molecular flexibility index (Phi) is 10.7. The SMILES string of the molecule is CC1CCC(C2CC=C(c3cnc(-c4ccc(C[C@H](NC(=O)c5ccc(C(C)(C)C)s5)C(=O)N5CCC[C@H]5C(=O)O)cc4)nc3)CC2)CC1. The second-order valence-corrected chi connectivity index (χ2v) is 16.5. The van der Waals surface area contributed by atoms with Crippen LogP contribution < -0.4 is 5.32 Å². The predicted octanol–water partition coefficient (Wildman–Crippen LogP) is 7.93. The van der Waals surface area contributed by atoms with Gasteiger partial charge in [-0.2, -0.15) is 0 Å². The Morgan fingerprint density at radius 2 is 1.65 bits per heavy atom. The Bertz CT molecular complexity index is 1670. The number of rotatable bonds is 9. The van der Waals surface area contributed by atoms with Crippen LogP contribution in [0.4, 0.5) is 0 Å². The normalized spacial score (nSPS) is 23.5. The summed E-state index contributed by atoms with van der Waals surface area (Å²) in [5, 5.41) is 12.7. The summed E-state index contributed by atoms with van der Waals surface area (Å²) in [4.78, 5) is 51.5. The van der Waals surface area contributed by atoms with Gasteiger partial charge in [-0.1, -0.05) is 70.9 Å². The molecule has 6 rings (SSSR count). The molecule has 0 bridgehead atoms. The second-order valence-electron chi connectivity index (χ2n) is 15.4. The molecule has 2 fully saturated rings. The van der Waals surface area contributed by atoms with Crippen LogP contribution in [0, 0.1) is 17.8 Å². The lowest BCUT2D eigenvalue weighted by molar-refractivity contribution is -0.148. The molecule has 3 aliphatic rings. The molecule has 1 aromatic carbocycles. The van der Waals surface area contributed by atoms with E-state index in [2.05, 4.69) is 39.1 Å². The van der Waals surface area contributed by atoms with E-state index in [1.165, 1.54) is 53.9 Å². The number of carbonyl (C=O) groups excluding carboxylic acids is 2. The largest absolute Gasteiger partial charge is 0.480 e. The third kappa shape index (κ3) is 8.31. The number of allylic oxidation sites excluding steroid dienone is 2. The number of hydrogen-bond donors (Lipinski definition) is 2. The molecule has 2 amide bonds. The first kappa shape index (κ1) is 35.0. The Labute approximate surface area is 294 Å². The van der Waals surface area contributed by atoms with Gasteiger partial charge >= 0.3 is 5.97 Å². The van der Waals surface area contributed by atoms with Crippen LogP contribution in [0.1, 0.15) is 111 Å². The number of carboxylic acid groups (broad SMARTS) is 1. The summed E-state index contributed by atoms with van der Waals surface area (Å²) in [6.07, 6.45) is 16.5. The number of nitrogens with zero attached hydrogens (tertiary/aromatic N) is 3. The number of hydrogen-bond acceptors (Lipinski definition) is 6. The fraction of sp³-hybridized carbons (Fsp3) is 0.525. The van der Waals surface area contributed by atoms with Gasteiger partial charge in [-0.25, -0.2) is 14.8 Å². The highest BCUT2D eigenvalue weighted by molar-refractivity contribution is 7.14. The molecule has 260 valence electrons. The van der Waals surface area contributed by atoms with Gasteiger partial charge in [0.1, 0.15) is 12.1 Å². The summed E-state index contributed by atoms with van der Waals surface area (Å²) in [6, 6.07) is 9.69. The average molecular weight is 683 g/mol. The van der Waals surface area contributed by atoms with Crippen LogP contribution in [-0.4, -0.2) is 56.4 Å². The van der Waals surface area contributed by atoms with Crippen molar-refractivity contribution < 1.29 is 19.5 Å². The highest BCUT2D eigenvalue weighted by Crippen LogP contribution is 2.41. The first-order valence-corrected chi connectivity index (χ1v) is 18.8. The average Bonchev–Trinajstić information content (AvgIpc) is 3.80. The highest BCUT2D eigenvalue weighted by atomic mass is 32.1. The summed E-state index contributed by atoms with van der Waals surface area (Å²) in [5.74, 6) is 1.49. The van der Waals surface area contributed by atoms with E-state index in [0.717, 1.165) is 52.2 Å². The van der Waals surface area contributed by atoms with Crippen molar-refractivity contribution in [3.63, 3.8) is 0 Å². The Hall–Kier alpha value is -3.85. The second kappa shape index (κ2) is 15.0. The van der Waals surface area contributed by atoms with E-state index in [9.17, 15) is 19.5 Å². The van der Waals surface area contributed by atoms with Crippen LogP contribution in [0.25, 0.3) is 17.0 Å². The first-order valence-electron chi connectivity index (χ1n) is 18.0. The van der Waals surface area contributed by atoms with Gasteiger partial charge in [0.05, 0.1) is 4.88 Å². The van der Waals surface area contributed by atoms with E-state index in [1.807, 2.05) is 42.7 Å². The zero-order chi connectivity index (χ0) is 34.7. The van der Waals surface area contributed by atoms with Crippen molar-refractivity contribution in [3.8, 4) is 11.4 Å². The van der Waals surface area contributed by atoms with E-state index in [4.69, 9.17) is 9.97 Å². The fourth-order valence-corrected chi connectivity index (χ4v) is 8.72. The van der Waals surface area contributed by atoms with Gasteiger partial charge in [-0.05, 0) is 91.4 Å². The third-order valence-electron chi connectivity index (χ3n) is 10.8. The predicted molar refractivity (Wildman–Crippen MR) is 194 cm³/mol. The smallest absolute Gasteiger partial charge is 0.326 e. The molecule has 0 radical (unpaired) electrons. The topological polar surface area (TPSA) is 112 Å². The minimum absolute atomic E-state index is 0.0987. The molecule has 2 N–H and O–H groups in total. The fourth-order valence-electron chi connectivity index (χ4n) is 7.75. The number of amides is 2. The minimum Gasteiger partial charge on any atom is -0.480 e. The molecule has 1 saturated heterocycles. The molecular formula is C40H50N4O4S. The lowest BCUT2D eigenvalue weighted by atomic mass is 9.71. The van der Waals surface area contributed by atoms with Gasteiger partial charge in [-0.3, -0.25) is 9.59 Å². The van der Waals surface area contributed by atoms with Crippen molar-refractivity contribution in [3.05, 3.63) is 75.7 Å². The number of thiophene rings is 1. The Morgan fingerprint density at radius 1 is 0.939 bits per heavy atom. The summed E-state index contributed by atoms with van der Waals surface area (Å²) in [6.45, 7) is 9.03. The third-order valence-corrected chi connectivity index (χ3v) is 12.4. The monoisotopic (exact) mass is 682 g/mol. The minimum atomic E-state index is -1.02. The first-order chi connectivity index (χ1) is 23.5. The molecule has 2 aliphatic carbocycles. The summed E-state index contributed by atoms with van der Waals surface area (Å²) < 4.78 is 0. The van der Waals surface area contributed by atoms with Crippen molar-refractivity contribution in [2.45, 2.75) is 109 Å². The highest BCUT2D eigenvalue weighted by Gasteiger charge is 2.38. The molecule has 1 saturated carbocycles. The van der Waals surface area contributed by atoms with E-state index < -0.39 is 18.1 Å². The molecule has 3 aromatic rings. The quantitative estimate of drug-likeness (QED) is 0.237. The summed E-state index contributed by atoms with van der Waals surface area (Å²) >= 11 is 1.41. The van der Waals surface area contributed by atoms with Gasteiger partial charge in [0.25, 0.3) is 5.91 Å². The Balaban J connectivity index is 1.13. The molecule has 3 heterocycles. The van der Waals surface area contributed by atoms with E-state index in [0.29, 0.717) is 30.1 Å². The zero-order valence-corrected chi connectivity index (χ0v) is 30.1. The maximum Gasteiger partial charge on any atom is 0.326 e. The number of carbonyl (C=O) groups is 3. The number of aromatic nitrogens is 2. The van der Waals surface area contributed by atoms with Crippen LogP contribution in [0.3, 0.4) is 0 Å². The number of nitrogens with one attached hydrogen (secondary N) is 1. The van der Waals surface area contributed by atoms with Crippen LogP contribution in [0.5, 0.6) is 0 Å². The van der Waals surface area contributed by atoms with Crippen molar-refractivity contribution in [2.75, 3.05) is 6.54 Å². The molecule has 49 heavy (non-hydrogen) atoms. The van der Waals surface area contributed by atoms with Crippen molar-refractivity contribution in [1.29, 1.82) is 0 Å². The molecule has 1 unspecified atom stereocenters. The van der Waals surface area contributed by atoms with E-state index in [-0.39, 0.29) is 23.7 Å². The maximum absolute atomic E-state index is 13.8. The van der Waals surface area contributed by atoms with Crippen molar-refractivity contribution in [2.24, 2.45) is 17.8 Å². The lowest BCUT2D eigenvalue weighted by Crippen LogP contribution is -2.52. The van der Waals surface area contributed by atoms with Crippen molar-refractivity contribution in [1.82, 2.24) is 20.2 Å². The molecule has 2 aromatic heterocycles. The Morgan fingerprint density at radius 3 is 2.27 bits per heavy atom. The molecule has 9 heteroatoms. The van der Waals surface area contributed by atoms with E-state index in [1.54, 1.807) is 6.07 Å². The van der Waals surface area contributed by atoms with Gasteiger partial charge in [0, 0.05) is 41.4 Å². The number of aliphatic carboxylic acids is 1.